The van der Waals surface area contributed by atoms with Crippen molar-refractivity contribution in [2.75, 3.05) is 44.4 Å². The summed E-state index contributed by atoms with van der Waals surface area (Å²) in [6.07, 6.45) is 2.22. The number of carbonyl (C=O) groups excluding carboxylic acids is 2. The number of nitrogens with one attached hydrogen (secondary N) is 2. The van der Waals surface area contributed by atoms with E-state index in [1.165, 1.54) is 11.3 Å². The second-order valence-electron chi connectivity index (χ2n) is 8.38. The Kier molecular flexibility index (Phi) is 6.77. The Hall–Kier alpha value is -2.86. The van der Waals surface area contributed by atoms with Crippen LogP contribution in [0.5, 0.6) is 0 Å². The number of nitrogens with zero attached hydrogens (tertiary/aromatic N) is 2. The minimum Gasteiger partial charge on any atom is -0.374 e. The van der Waals surface area contributed by atoms with Crippen molar-refractivity contribution in [3.05, 3.63) is 58.7 Å². The van der Waals surface area contributed by atoms with Crippen LogP contribution in [-0.2, 0) is 16.0 Å². The molecule has 2 N–H and O–H groups in total. The predicted molar refractivity (Wildman–Crippen MR) is 122 cm³/mol. The van der Waals surface area contributed by atoms with Crippen LogP contribution in [0.3, 0.4) is 0 Å². The van der Waals surface area contributed by atoms with Crippen molar-refractivity contribution in [3.63, 3.8) is 0 Å². The van der Waals surface area contributed by atoms with E-state index in [-0.39, 0.29) is 6.04 Å². The SMILES string of the molecule is Cc1ccc(C)c(NC(=O)C(=O)NCC(c2ccc3c(c2)CCCN3C)N(C)C)c1. The molecular weight excluding hydrogens is 376 g/mol. The number of rotatable bonds is 5. The van der Waals surface area contributed by atoms with Crippen LogP contribution in [0.4, 0.5) is 11.4 Å². The summed E-state index contributed by atoms with van der Waals surface area (Å²) in [4.78, 5) is 29.2. The summed E-state index contributed by atoms with van der Waals surface area (Å²) in [6.45, 7) is 5.30. The fourth-order valence-corrected chi connectivity index (χ4v) is 3.93. The van der Waals surface area contributed by atoms with E-state index >= 15 is 0 Å². The number of likely N-dealkylation sites (N-methyl/N-ethyl adjacent to an activating group) is 1. The van der Waals surface area contributed by atoms with Crippen LogP contribution >= 0.6 is 0 Å². The average molecular weight is 409 g/mol. The molecule has 0 aliphatic carbocycles. The predicted octanol–water partition coefficient (Wildman–Crippen LogP) is 3.04. The Morgan fingerprint density at radius 3 is 2.60 bits per heavy atom. The van der Waals surface area contributed by atoms with Crippen molar-refractivity contribution < 1.29 is 9.59 Å². The molecule has 0 bridgehead atoms. The number of aryl methyl sites for hydroxylation is 3. The van der Waals surface area contributed by atoms with E-state index in [1.54, 1.807) is 0 Å². The monoisotopic (exact) mass is 408 g/mol. The van der Waals surface area contributed by atoms with Crippen molar-refractivity contribution in [1.29, 1.82) is 0 Å². The van der Waals surface area contributed by atoms with E-state index in [1.807, 2.05) is 46.1 Å². The quantitative estimate of drug-likeness (QED) is 0.747. The Labute approximate surface area is 179 Å². The van der Waals surface area contributed by atoms with Crippen molar-refractivity contribution in [2.24, 2.45) is 0 Å². The molecule has 1 aliphatic rings. The molecule has 2 aromatic rings. The zero-order valence-corrected chi connectivity index (χ0v) is 18.6. The first-order valence-electron chi connectivity index (χ1n) is 10.4. The standard InChI is InChI=1S/C24H32N4O2/c1-16-8-9-17(2)20(13-16)26-24(30)23(29)25-15-22(27(3)4)19-10-11-21-18(14-19)7-6-12-28(21)5/h8-11,13-14,22H,6-7,12,15H2,1-5H3,(H,25,29)(H,26,30). The largest absolute Gasteiger partial charge is 0.374 e. The number of hydrogen-bond donors (Lipinski definition) is 2. The molecular formula is C24H32N4O2. The number of carbonyl (C=O) groups is 2. The third-order valence-corrected chi connectivity index (χ3v) is 5.77. The molecule has 0 saturated heterocycles. The van der Waals surface area contributed by atoms with Gasteiger partial charge in [-0.25, -0.2) is 0 Å². The van der Waals surface area contributed by atoms with E-state index in [0.717, 1.165) is 36.1 Å². The fourth-order valence-electron chi connectivity index (χ4n) is 3.93. The molecule has 0 saturated carbocycles. The fraction of sp³-hybridized carbons (Fsp3) is 0.417. The molecule has 0 radical (unpaired) electrons. The molecule has 160 valence electrons. The van der Waals surface area contributed by atoms with Crippen LogP contribution in [0.2, 0.25) is 0 Å². The molecule has 6 heteroatoms. The molecule has 0 spiro atoms. The molecule has 2 aromatic carbocycles. The molecule has 2 amide bonds. The highest BCUT2D eigenvalue weighted by atomic mass is 16.2. The van der Waals surface area contributed by atoms with Gasteiger partial charge in [0.05, 0.1) is 6.04 Å². The van der Waals surface area contributed by atoms with Gasteiger partial charge in [0.2, 0.25) is 0 Å². The number of fused-ring (bicyclic) bond motifs is 1. The lowest BCUT2D eigenvalue weighted by molar-refractivity contribution is -0.136. The highest BCUT2D eigenvalue weighted by molar-refractivity contribution is 6.39. The van der Waals surface area contributed by atoms with Crippen LogP contribution in [0.1, 0.15) is 34.7 Å². The van der Waals surface area contributed by atoms with Gasteiger partial charge in [0.1, 0.15) is 0 Å². The van der Waals surface area contributed by atoms with Crippen LogP contribution in [0.15, 0.2) is 36.4 Å². The molecule has 3 rings (SSSR count). The third-order valence-electron chi connectivity index (χ3n) is 5.77. The Balaban J connectivity index is 1.66. The van der Waals surface area contributed by atoms with Crippen molar-refractivity contribution in [3.8, 4) is 0 Å². The van der Waals surface area contributed by atoms with E-state index in [2.05, 4.69) is 45.7 Å². The van der Waals surface area contributed by atoms with Gasteiger partial charge in [0.15, 0.2) is 0 Å². The number of amides is 2. The molecule has 1 aliphatic heterocycles. The first-order valence-corrected chi connectivity index (χ1v) is 10.4. The van der Waals surface area contributed by atoms with Gasteiger partial charge in [0.25, 0.3) is 0 Å². The Morgan fingerprint density at radius 1 is 1.10 bits per heavy atom. The topological polar surface area (TPSA) is 64.7 Å². The lowest BCUT2D eigenvalue weighted by Crippen LogP contribution is -2.40. The lowest BCUT2D eigenvalue weighted by Gasteiger charge is -2.30. The lowest BCUT2D eigenvalue weighted by atomic mass is 9.96. The van der Waals surface area contributed by atoms with Gasteiger partial charge >= 0.3 is 11.8 Å². The van der Waals surface area contributed by atoms with Crippen LogP contribution in [-0.4, -0.2) is 50.9 Å². The molecule has 6 nitrogen and oxygen atoms in total. The number of anilines is 2. The molecule has 1 atom stereocenters. The zero-order valence-electron chi connectivity index (χ0n) is 18.6. The van der Waals surface area contributed by atoms with Crippen LogP contribution < -0.4 is 15.5 Å². The maximum absolute atomic E-state index is 12.4. The maximum Gasteiger partial charge on any atom is 0.313 e. The van der Waals surface area contributed by atoms with E-state index in [9.17, 15) is 9.59 Å². The second-order valence-corrected chi connectivity index (χ2v) is 8.38. The molecule has 1 unspecified atom stereocenters. The van der Waals surface area contributed by atoms with Gasteiger partial charge < -0.3 is 20.4 Å². The third kappa shape index (κ3) is 5.00. The summed E-state index contributed by atoms with van der Waals surface area (Å²) in [6, 6.07) is 12.3. The van der Waals surface area contributed by atoms with E-state index in [0.29, 0.717) is 12.2 Å². The molecule has 30 heavy (non-hydrogen) atoms. The van der Waals surface area contributed by atoms with Crippen molar-refractivity contribution in [1.82, 2.24) is 10.2 Å². The highest BCUT2D eigenvalue weighted by Crippen LogP contribution is 2.29. The van der Waals surface area contributed by atoms with Gasteiger partial charge in [-0.2, -0.15) is 0 Å². The second kappa shape index (κ2) is 9.30. The van der Waals surface area contributed by atoms with Gasteiger partial charge in [-0.05, 0) is 75.2 Å². The maximum atomic E-state index is 12.4. The summed E-state index contributed by atoms with van der Waals surface area (Å²) in [5, 5.41) is 5.52. The van der Waals surface area contributed by atoms with Gasteiger partial charge in [-0.3, -0.25) is 9.59 Å². The average Bonchev–Trinajstić information content (AvgIpc) is 2.70. The summed E-state index contributed by atoms with van der Waals surface area (Å²) in [5.41, 5.74) is 6.38. The smallest absolute Gasteiger partial charge is 0.313 e. The minimum atomic E-state index is -0.645. The van der Waals surface area contributed by atoms with Crippen LogP contribution in [0, 0.1) is 13.8 Å². The van der Waals surface area contributed by atoms with Gasteiger partial charge in [-0.1, -0.05) is 24.3 Å². The number of benzene rings is 2. The first kappa shape index (κ1) is 21.8. The highest BCUT2D eigenvalue weighted by Gasteiger charge is 2.21. The normalized spacial score (nSPS) is 14.3. The molecule has 0 fully saturated rings. The first-order chi connectivity index (χ1) is 14.3. The minimum absolute atomic E-state index is 0.0139. The van der Waals surface area contributed by atoms with E-state index < -0.39 is 11.8 Å². The van der Waals surface area contributed by atoms with Gasteiger partial charge in [-0.15, -0.1) is 0 Å². The van der Waals surface area contributed by atoms with Gasteiger partial charge in [0, 0.05) is 31.5 Å². The summed E-state index contributed by atoms with van der Waals surface area (Å²) in [7, 11) is 6.09. The molecule has 1 heterocycles. The Morgan fingerprint density at radius 2 is 1.87 bits per heavy atom. The van der Waals surface area contributed by atoms with Crippen LogP contribution in [0.25, 0.3) is 0 Å². The Bertz CT molecular complexity index is 939. The summed E-state index contributed by atoms with van der Waals surface area (Å²) >= 11 is 0. The molecule has 0 aromatic heterocycles. The summed E-state index contributed by atoms with van der Waals surface area (Å²) < 4.78 is 0. The summed E-state index contributed by atoms with van der Waals surface area (Å²) in [5.74, 6) is -1.27. The van der Waals surface area contributed by atoms with E-state index in [4.69, 9.17) is 0 Å². The zero-order chi connectivity index (χ0) is 21.8. The van der Waals surface area contributed by atoms with Crippen molar-refractivity contribution in [2.45, 2.75) is 32.7 Å². The van der Waals surface area contributed by atoms with Crippen molar-refractivity contribution >= 4 is 23.2 Å². The number of hydrogen-bond acceptors (Lipinski definition) is 4.